The Labute approximate surface area is 140 Å². The highest BCUT2D eigenvalue weighted by atomic mass is 32.1. The predicted octanol–water partition coefficient (Wildman–Crippen LogP) is 5.70. The van der Waals surface area contributed by atoms with Crippen LogP contribution in [-0.2, 0) is 6.18 Å². The van der Waals surface area contributed by atoms with Gasteiger partial charge in [0.25, 0.3) is 0 Å². The van der Waals surface area contributed by atoms with Crippen LogP contribution in [0.4, 0.5) is 13.2 Å². The summed E-state index contributed by atoms with van der Waals surface area (Å²) in [6.45, 7) is 1.44. The normalized spacial score (nSPS) is 11.5. The molecule has 0 unspecified atom stereocenters. The number of carbonyl (C=O) groups excluding carboxylic acids is 1. The van der Waals surface area contributed by atoms with Crippen LogP contribution in [0.15, 0.2) is 54.9 Å². The zero-order valence-corrected chi connectivity index (χ0v) is 13.4. The van der Waals surface area contributed by atoms with Gasteiger partial charge in [-0.15, -0.1) is 11.3 Å². The van der Waals surface area contributed by atoms with Crippen molar-refractivity contribution in [3.8, 4) is 20.9 Å². The second kappa shape index (κ2) is 6.20. The van der Waals surface area contributed by atoms with Crippen LogP contribution in [-0.4, -0.2) is 10.8 Å². The number of aromatic nitrogens is 1. The summed E-state index contributed by atoms with van der Waals surface area (Å²) in [5.41, 5.74) is 0.986. The largest absolute Gasteiger partial charge is 0.416 e. The van der Waals surface area contributed by atoms with Crippen LogP contribution in [0.25, 0.3) is 20.9 Å². The van der Waals surface area contributed by atoms with Gasteiger partial charge in [-0.05, 0) is 36.8 Å². The maximum absolute atomic E-state index is 12.9. The summed E-state index contributed by atoms with van der Waals surface area (Å²) in [6.07, 6.45) is -1.14. The minimum atomic E-state index is -4.40. The SMILES string of the molecule is CC(=O)c1cc(-c2cccc(C(F)(F)F)c2)sc1-c1cccnc1. The lowest BCUT2D eigenvalue weighted by molar-refractivity contribution is -0.137. The fourth-order valence-electron chi connectivity index (χ4n) is 2.36. The molecule has 0 atom stereocenters. The predicted molar refractivity (Wildman–Crippen MR) is 88.0 cm³/mol. The molecule has 3 aromatic rings. The zero-order chi connectivity index (χ0) is 17.3. The lowest BCUT2D eigenvalue weighted by atomic mass is 10.1. The maximum Gasteiger partial charge on any atom is 0.416 e. The Hall–Kier alpha value is -2.47. The Bertz CT molecular complexity index is 885. The van der Waals surface area contributed by atoms with Gasteiger partial charge in [-0.25, -0.2) is 0 Å². The molecule has 2 nitrogen and oxygen atoms in total. The van der Waals surface area contributed by atoms with Crippen molar-refractivity contribution < 1.29 is 18.0 Å². The van der Waals surface area contributed by atoms with Crippen molar-refractivity contribution in [1.29, 1.82) is 0 Å². The molecule has 0 aliphatic heterocycles. The van der Waals surface area contributed by atoms with E-state index in [-0.39, 0.29) is 5.78 Å². The quantitative estimate of drug-likeness (QED) is 0.569. The minimum Gasteiger partial charge on any atom is -0.294 e. The first-order valence-corrected chi connectivity index (χ1v) is 7.90. The van der Waals surface area contributed by atoms with Gasteiger partial charge in [-0.2, -0.15) is 13.2 Å². The third-order valence-electron chi connectivity index (χ3n) is 3.51. The molecule has 2 aromatic heterocycles. The Balaban J connectivity index is 2.12. The lowest BCUT2D eigenvalue weighted by Gasteiger charge is -2.07. The molecule has 0 bridgehead atoms. The number of halogens is 3. The molecule has 122 valence electrons. The third-order valence-corrected chi connectivity index (χ3v) is 4.74. The van der Waals surface area contributed by atoms with Crippen molar-refractivity contribution >= 4 is 17.1 Å². The Morgan fingerprint density at radius 3 is 2.46 bits per heavy atom. The number of pyridine rings is 1. The van der Waals surface area contributed by atoms with Crippen LogP contribution in [0, 0.1) is 0 Å². The summed E-state index contributed by atoms with van der Waals surface area (Å²) in [7, 11) is 0. The minimum absolute atomic E-state index is 0.136. The van der Waals surface area contributed by atoms with Crippen molar-refractivity contribution in [2.75, 3.05) is 0 Å². The van der Waals surface area contributed by atoms with Gasteiger partial charge in [0.15, 0.2) is 5.78 Å². The first-order chi connectivity index (χ1) is 11.4. The average Bonchev–Trinajstić information content (AvgIpc) is 3.01. The van der Waals surface area contributed by atoms with Crippen molar-refractivity contribution in [2.24, 2.45) is 0 Å². The van der Waals surface area contributed by atoms with E-state index < -0.39 is 11.7 Å². The number of benzene rings is 1. The zero-order valence-electron chi connectivity index (χ0n) is 12.6. The summed E-state index contributed by atoms with van der Waals surface area (Å²) in [6, 6.07) is 10.3. The fraction of sp³-hybridized carbons (Fsp3) is 0.111. The van der Waals surface area contributed by atoms with E-state index in [0.717, 1.165) is 17.7 Å². The molecule has 0 fully saturated rings. The molecule has 0 saturated heterocycles. The molecule has 1 aromatic carbocycles. The number of hydrogen-bond acceptors (Lipinski definition) is 3. The number of ketones is 1. The molecular formula is C18H12F3NOS. The van der Waals surface area contributed by atoms with E-state index in [4.69, 9.17) is 0 Å². The Morgan fingerprint density at radius 2 is 1.83 bits per heavy atom. The highest BCUT2D eigenvalue weighted by Crippen LogP contribution is 2.40. The number of nitrogens with zero attached hydrogens (tertiary/aromatic N) is 1. The van der Waals surface area contributed by atoms with E-state index in [0.29, 0.717) is 20.9 Å². The number of Topliss-reactive ketones (excluding diaryl/α,β-unsaturated/α-hetero) is 1. The lowest BCUT2D eigenvalue weighted by Crippen LogP contribution is -2.04. The molecule has 0 radical (unpaired) electrons. The van der Waals surface area contributed by atoms with Crippen LogP contribution in [0.1, 0.15) is 22.8 Å². The summed E-state index contributed by atoms with van der Waals surface area (Å²) in [5.74, 6) is -0.136. The van der Waals surface area contributed by atoms with Gasteiger partial charge in [0, 0.05) is 33.3 Å². The van der Waals surface area contributed by atoms with E-state index in [2.05, 4.69) is 4.98 Å². The van der Waals surface area contributed by atoms with E-state index in [1.165, 1.54) is 24.3 Å². The van der Waals surface area contributed by atoms with E-state index in [1.807, 2.05) is 6.07 Å². The molecule has 0 spiro atoms. The molecule has 0 saturated carbocycles. The smallest absolute Gasteiger partial charge is 0.294 e. The van der Waals surface area contributed by atoms with Gasteiger partial charge in [0.05, 0.1) is 5.56 Å². The molecule has 6 heteroatoms. The monoisotopic (exact) mass is 347 g/mol. The highest BCUT2D eigenvalue weighted by Gasteiger charge is 2.30. The number of thiophene rings is 1. The fourth-order valence-corrected chi connectivity index (χ4v) is 3.55. The first-order valence-electron chi connectivity index (χ1n) is 7.09. The molecule has 24 heavy (non-hydrogen) atoms. The van der Waals surface area contributed by atoms with Crippen LogP contribution in [0.2, 0.25) is 0 Å². The molecule has 0 N–H and O–H groups in total. The van der Waals surface area contributed by atoms with E-state index >= 15 is 0 Å². The van der Waals surface area contributed by atoms with Crippen molar-refractivity contribution in [3.63, 3.8) is 0 Å². The van der Waals surface area contributed by atoms with Gasteiger partial charge >= 0.3 is 6.18 Å². The molecule has 0 amide bonds. The van der Waals surface area contributed by atoms with Crippen LogP contribution in [0.5, 0.6) is 0 Å². The van der Waals surface area contributed by atoms with Gasteiger partial charge in [-0.3, -0.25) is 9.78 Å². The average molecular weight is 347 g/mol. The topological polar surface area (TPSA) is 30.0 Å². The highest BCUT2D eigenvalue weighted by molar-refractivity contribution is 7.19. The molecular weight excluding hydrogens is 335 g/mol. The summed E-state index contributed by atoms with van der Waals surface area (Å²) in [5, 5.41) is 0. The van der Waals surface area contributed by atoms with Crippen molar-refractivity contribution in [1.82, 2.24) is 4.98 Å². The van der Waals surface area contributed by atoms with Crippen LogP contribution in [0.3, 0.4) is 0 Å². The van der Waals surface area contributed by atoms with Gasteiger partial charge in [-0.1, -0.05) is 18.2 Å². The van der Waals surface area contributed by atoms with E-state index in [1.54, 1.807) is 30.6 Å². The number of hydrogen-bond donors (Lipinski definition) is 0. The van der Waals surface area contributed by atoms with Gasteiger partial charge in [0.2, 0.25) is 0 Å². The van der Waals surface area contributed by atoms with Crippen LogP contribution >= 0.6 is 11.3 Å². The van der Waals surface area contributed by atoms with Crippen LogP contribution < -0.4 is 0 Å². The van der Waals surface area contributed by atoms with Gasteiger partial charge in [0.1, 0.15) is 0 Å². The second-order valence-electron chi connectivity index (χ2n) is 5.23. The number of rotatable bonds is 3. The molecule has 0 aliphatic carbocycles. The maximum atomic E-state index is 12.9. The number of carbonyl (C=O) groups is 1. The summed E-state index contributed by atoms with van der Waals surface area (Å²) >= 11 is 1.29. The molecule has 0 aliphatic rings. The Kier molecular flexibility index (Phi) is 4.24. The molecule has 2 heterocycles. The van der Waals surface area contributed by atoms with E-state index in [9.17, 15) is 18.0 Å². The first kappa shape index (κ1) is 16.4. The summed E-state index contributed by atoms with van der Waals surface area (Å²) in [4.78, 5) is 17.3. The number of alkyl halides is 3. The third kappa shape index (κ3) is 3.23. The van der Waals surface area contributed by atoms with Gasteiger partial charge < -0.3 is 0 Å². The Morgan fingerprint density at radius 1 is 1.08 bits per heavy atom. The summed E-state index contributed by atoms with van der Waals surface area (Å²) < 4.78 is 38.7. The molecule has 3 rings (SSSR count). The van der Waals surface area contributed by atoms with Crippen molar-refractivity contribution in [3.05, 3.63) is 66.0 Å². The standard InChI is InChI=1S/C18H12F3NOS/c1-11(23)15-9-16(24-17(15)13-5-3-7-22-10-13)12-4-2-6-14(8-12)18(19,20)21/h2-10H,1H3. The van der Waals surface area contributed by atoms with Crippen molar-refractivity contribution in [2.45, 2.75) is 13.1 Å². The second-order valence-corrected chi connectivity index (χ2v) is 6.28.